The van der Waals surface area contributed by atoms with Gasteiger partial charge in [0.2, 0.25) is 0 Å². The van der Waals surface area contributed by atoms with Crippen molar-refractivity contribution >= 4 is 99.0 Å². The van der Waals surface area contributed by atoms with Crippen LogP contribution in [0.3, 0.4) is 0 Å². The third-order valence-electron chi connectivity index (χ3n) is 18.1. The number of anilines is 6. The van der Waals surface area contributed by atoms with Crippen LogP contribution < -0.4 is 9.80 Å². The van der Waals surface area contributed by atoms with Gasteiger partial charge in [0.05, 0.1) is 33.8 Å². The highest BCUT2D eigenvalue weighted by atomic mass is 15.2. The van der Waals surface area contributed by atoms with Crippen molar-refractivity contribution in [1.29, 1.82) is 0 Å². The maximum atomic E-state index is 2.48. The van der Waals surface area contributed by atoms with Gasteiger partial charge in [0.25, 0.3) is 0 Å². The maximum Gasteiger partial charge on any atom is 0.0547 e. The normalized spacial score (nSPS) is 11.6. The van der Waals surface area contributed by atoms with Crippen LogP contribution in [0, 0.1) is 0 Å². The molecule has 2 aromatic heterocycles. The van der Waals surface area contributed by atoms with Crippen LogP contribution in [0.4, 0.5) is 34.1 Å². The molecule has 17 rings (SSSR count). The van der Waals surface area contributed by atoms with Crippen molar-refractivity contribution in [3.05, 3.63) is 352 Å². The summed E-state index contributed by atoms with van der Waals surface area (Å²) in [6, 6.07) is 129. The molecular weight excluding hydrogens is 1090 g/mol. The van der Waals surface area contributed by atoms with E-state index < -0.39 is 0 Å². The summed E-state index contributed by atoms with van der Waals surface area (Å²) in [6.45, 7) is 0. The molecule has 0 aliphatic rings. The van der Waals surface area contributed by atoms with Crippen molar-refractivity contribution in [1.82, 2.24) is 9.13 Å². The molecule has 0 N–H and O–H groups in total. The summed E-state index contributed by atoms with van der Waals surface area (Å²) in [5, 5.41) is 11.9. The van der Waals surface area contributed by atoms with Crippen molar-refractivity contribution in [2.24, 2.45) is 0 Å². The molecule has 0 radical (unpaired) electrons. The van der Waals surface area contributed by atoms with Crippen LogP contribution >= 0.6 is 0 Å². The largest absolute Gasteiger partial charge is 0.310 e. The third kappa shape index (κ3) is 9.17. The number of hydrogen-bond acceptors (Lipinski definition) is 2. The quantitative estimate of drug-likeness (QED) is 0.121. The Morgan fingerprint density at radius 3 is 0.867 bits per heavy atom. The Labute approximate surface area is 522 Å². The van der Waals surface area contributed by atoms with Crippen molar-refractivity contribution in [3.8, 4) is 56.1 Å². The summed E-state index contributed by atoms with van der Waals surface area (Å²) in [5.74, 6) is 0. The molecule has 17 aromatic rings. The Bertz CT molecular complexity index is 5140. The highest BCUT2D eigenvalue weighted by Crippen LogP contribution is 2.46. The fraction of sp³-hybridized carbons (Fsp3) is 0. The minimum atomic E-state index is 1.07. The van der Waals surface area contributed by atoms with Crippen molar-refractivity contribution in [2.75, 3.05) is 9.80 Å². The Kier molecular flexibility index (Phi) is 12.8. The molecule has 0 spiro atoms. The van der Waals surface area contributed by atoms with Crippen LogP contribution in [0.25, 0.3) is 121 Å². The fourth-order valence-electron chi connectivity index (χ4n) is 13.8. The lowest BCUT2D eigenvalue weighted by atomic mass is 10.0. The molecule has 0 saturated heterocycles. The van der Waals surface area contributed by atoms with Gasteiger partial charge in [-0.3, -0.25) is 0 Å². The molecule has 0 fully saturated rings. The van der Waals surface area contributed by atoms with E-state index in [4.69, 9.17) is 0 Å². The number of fused-ring (bicyclic) bond motifs is 6. The predicted molar refractivity (Wildman–Crippen MR) is 381 cm³/mol. The van der Waals surface area contributed by atoms with Crippen LogP contribution in [-0.2, 0) is 0 Å². The number of nitrogens with zero attached hydrogens (tertiary/aromatic N) is 4. The third-order valence-corrected chi connectivity index (χ3v) is 18.1. The van der Waals surface area contributed by atoms with Crippen LogP contribution in [-0.4, -0.2) is 9.13 Å². The van der Waals surface area contributed by atoms with Gasteiger partial charge in [-0.25, -0.2) is 0 Å². The molecule has 0 bridgehead atoms. The van der Waals surface area contributed by atoms with E-state index in [-0.39, 0.29) is 0 Å². The lowest BCUT2D eigenvalue weighted by molar-refractivity contribution is 1.13. The van der Waals surface area contributed by atoms with Gasteiger partial charge < -0.3 is 18.9 Å². The monoisotopic (exact) mass is 1150 g/mol. The molecule has 2 heterocycles. The van der Waals surface area contributed by atoms with Gasteiger partial charge in [-0.05, 0) is 164 Å². The van der Waals surface area contributed by atoms with E-state index in [1.54, 1.807) is 0 Å². The zero-order chi connectivity index (χ0) is 59.5. The van der Waals surface area contributed by atoms with Crippen molar-refractivity contribution in [3.63, 3.8) is 0 Å². The summed E-state index contributed by atoms with van der Waals surface area (Å²) < 4.78 is 4.96. The zero-order valence-electron chi connectivity index (χ0n) is 49.3. The highest BCUT2D eigenvalue weighted by Gasteiger charge is 2.23. The molecule has 0 unspecified atom stereocenters. The molecule has 0 saturated carbocycles. The van der Waals surface area contributed by atoms with Gasteiger partial charge >= 0.3 is 0 Å². The molecule has 0 aliphatic carbocycles. The number of hydrogen-bond donors (Lipinski definition) is 0. The molecule has 90 heavy (non-hydrogen) atoms. The lowest BCUT2D eigenvalue weighted by Gasteiger charge is -2.27. The second kappa shape index (κ2) is 22.1. The first-order valence-electron chi connectivity index (χ1n) is 30.9. The average Bonchev–Trinajstić information content (AvgIpc) is 1.62. The molecule has 15 aromatic carbocycles. The Morgan fingerprint density at radius 1 is 0.200 bits per heavy atom. The topological polar surface area (TPSA) is 16.3 Å². The van der Waals surface area contributed by atoms with Crippen LogP contribution in [0.2, 0.25) is 0 Å². The minimum Gasteiger partial charge on any atom is -0.310 e. The first-order valence-corrected chi connectivity index (χ1v) is 30.9. The molecule has 0 amide bonds. The fourth-order valence-corrected chi connectivity index (χ4v) is 13.8. The minimum absolute atomic E-state index is 1.07. The first-order chi connectivity index (χ1) is 44.6. The molecule has 0 atom stereocenters. The van der Waals surface area contributed by atoms with Gasteiger partial charge in [-0.2, -0.15) is 0 Å². The summed E-state index contributed by atoms with van der Waals surface area (Å²) in [5.41, 5.74) is 20.3. The number of aromatic nitrogens is 2. The zero-order valence-corrected chi connectivity index (χ0v) is 49.3. The molecule has 4 nitrogen and oxygen atoms in total. The smallest absolute Gasteiger partial charge is 0.0547 e. The van der Waals surface area contributed by atoms with E-state index in [1.165, 1.54) is 76.5 Å². The van der Waals surface area contributed by atoms with Crippen molar-refractivity contribution in [2.45, 2.75) is 0 Å². The summed E-state index contributed by atoms with van der Waals surface area (Å²) >= 11 is 0. The van der Waals surface area contributed by atoms with Gasteiger partial charge in [0, 0.05) is 66.8 Å². The van der Waals surface area contributed by atoms with Gasteiger partial charge in [0.15, 0.2) is 0 Å². The molecule has 422 valence electrons. The van der Waals surface area contributed by atoms with Crippen LogP contribution in [0.1, 0.15) is 0 Å². The van der Waals surface area contributed by atoms with E-state index >= 15 is 0 Å². The van der Waals surface area contributed by atoms with E-state index in [1.807, 2.05) is 0 Å². The van der Waals surface area contributed by atoms with E-state index in [0.717, 1.165) is 78.7 Å². The van der Waals surface area contributed by atoms with E-state index in [0.29, 0.717) is 0 Å². The van der Waals surface area contributed by atoms with Gasteiger partial charge in [0.1, 0.15) is 0 Å². The second-order valence-electron chi connectivity index (χ2n) is 23.3. The van der Waals surface area contributed by atoms with Gasteiger partial charge in [-0.1, -0.05) is 243 Å². The average molecular weight is 1150 g/mol. The van der Waals surface area contributed by atoms with Crippen LogP contribution in [0.15, 0.2) is 352 Å². The number of rotatable bonds is 12. The standard InChI is InChI=1S/C86H58N4/c1-3-19-59(20-4-1)61-39-43-69(44-40-61)87(81-37-17-29-65-25-9-13-33-77(65)81)71-47-51-73(52-48-71)89-83-55-68-58-86(80-36-16-28-64-24-8-12-32-76(64)80)90(84(68)56-67(83)57-85(89)79-35-15-27-63-23-7-11-31-75(63)79)74-53-49-72(50-54-74)88(82-38-18-30-66-26-10-14-34-78(66)82)70-45-41-62(42-46-70)60-21-5-2-6-22-60/h1-58H. The Hall–Kier alpha value is -12.0. The molecular formula is C86H58N4. The molecule has 4 heteroatoms. The predicted octanol–water partition coefficient (Wildman–Crippen LogP) is 23.8. The molecule has 0 aliphatic heterocycles. The summed E-state index contributed by atoms with van der Waals surface area (Å²) in [4.78, 5) is 4.80. The highest BCUT2D eigenvalue weighted by molar-refractivity contribution is 6.08. The van der Waals surface area contributed by atoms with Crippen molar-refractivity contribution < 1.29 is 0 Å². The van der Waals surface area contributed by atoms with Crippen LogP contribution in [0.5, 0.6) is 0 Å². The number of benzene rings is 15. The Balaban J connectivity index is 0.841. The van der Waals surface area contributed by atoms with Gasteiger partial charge in [-0.15, -0.1) is 0 Å². The van der Waals surface area contributed by atoms with E-state index in [9.17, 15) is 0 Å². The second-order valence-corrected chi connectivity index (χ2v) is 23.3. The SMILES string of the molecule is c1ccc(-c2ccc(N(c3ccc(-n4c(-c5cccc6ccccc56)cc5cc6c(cc(-c7cccc8ccccc78)n6-c6ccc(N(c7ccc(-c8ccccc8)cc7)c7cccc8ccccc78)cc6)cc54)cc3)c3cccc4ccccc34)cc2)cc1. The summed E-state index contributed by atoms with van der Waals surface area (Å²) in [7, 11) is 0. The van der Waals surface area contributed by atoms with E-state index in [2.05, 4.69) is 371 Å². The Morgan fingerprint density at radius 2 is 0.489 bits per heavy atom. The first kappa shape index (κ1) is 52.4. The summed E-state index contributed by atoms with van der Waals surface area (Å²) in [6.07, 6.45) is 0. The maximum absolute atomic E-state index is 2.48. The lowest BCUT2D eigenvalue weighted by Crippen LogP contribution is -2.10.